The van der Waals surface area contributed by atoms with Gasteiger partial charge in [0.15, 0.2) is 0 Å². The molecule has 8 aromatic carbocycles. The van der Waals surface area contributed by atoms with Gasteiger partial charge in [0.25, 0.3) is 0 Å². The Morgan fingerprint density at radius 3 is 1.16 bits per heavy atom. The first-order valence-electron chi connectivity index (χ1n) is 31.3. The molecular weight excluding hydrogens is 1270 g/mol. The van der Waals surface area contributed by atoms with E-state index in [0.29, 0.717) is 5.15 Å². The zero-order valence-corrected chi connectivity index (χ0v) is 57.1. The molecule has 8 heterocycles. The summed E-state index contributed by atoms with van der Waals surface area (Å²) in [7, 11) is -1.27. The highest BCUT2D eigenvalue weighted by Crippen LogP contribution is 2.44. The van der Waals surface area contributed by atoms with Gasteiger partial charge in [-0.1, -0.05) is 157 Å². The fourth-order valence-electron chi connectivity index (χ4n) is 11.4. The summed E-state index contributed by atoms with van der Waals surface area (Å²) in [6.07, 6.45) is 3.59. The Labute approximate surface area is 558 Å². The maximum absolute atomic E-state index is 6.14. The molecule has 5 aromatic heterocycles. The summed E-state index contributed by atoms with van der Waals surface area (Å²) >= 11 is 8.12. The molecule has 3 aliphatic rings. The van der Waals surface area contributed by atoms with Crippen molar-refractivity contribution in [3.63, 3.8) is 0 Å². The molecule has 0 atom stereocenters. The normalized spacial score (nSPS) is 17.2. The molecule has 0 amide bonds. The Morgan fingerprint density at radius 2 is 0.696 bits per heavy atom. The van der Waals surface area contributed by atoms with E-state index in [1.165, 1.54) is 63.6 Å². The van der Waals surface area contributed by atoms with Crippen LogP contribution in [0.5, 0.6) is 0 Å². The van der Waals surface area contributed by atoms with Crippen LogP contribution in [-0.4, -0.2) is 79.7 Å². The van der Waals surface area contributed by atoms with Crippen molar-refractivity contribution in [3.8, 4) is 33.5 Å². The Morgan fingerprint density at radius 1 is 0.326 bits per heavy atom. The van der Waals surface area contributed by atoms with Crippen molar-refractivity contribution in [2.45, 2.75) is 117 Å². The number of halogens is 2. The van der Waals surface area contributed by atoms with Gasteiger partial charge in [0.2, 0.25) is 0 Å². The molecule has 92 heavy (non-hydrogen) atoms. The number of rotatable bonds is 5. The lowest BCUT2D eigenvalue weighted by Crippen LogP contribution is -2.41. The van der Waals surface area contributed by atoms with Crippen molar-refractivity contribution in [2.24, 2.45) is 0 Å². The number of aromatic nitrogens is 5. The van der Waals surface area contributed by atoms with Crippen LogP contribution in [0.1, 0.15) is 83.1 Å². The summed E-state index contributed by atoms with van der Waals surface area (Å²) in [6, 6.07) is 73.1. The van der Waals surface area contributed by atoms with E-state index in [1.54, 1.807) is 6.20 Å². The van der Waals surface area contributed by atoms with Crippen LogP contribution in [-0.2, 0) is 27.9 Å². The van der Waals surface area contributed by atoms with Gasteiger partial charge in [-0.3, -0.25) is 4.98 Å². The summed E-state index contributed by atoms with van der Waals surface area (Å²) in [6.45, 7) is 24.5. The van der Waals surface area contributed by atoms with Gasteiger partial charge in [0.05, 0.1) is 39.3 Å². The molecule has 3 fully saturated rings. The number of aromatic amines is 3. The molecule has 3 aliphatic heterocycles. The van der Waals surface area contributed by atoms with Gasteiger partial charge in [-0.25, -0.2) is 4.98 Å². The quantitative estimate of drug-likeness (QED) is 0.0883. The minimum atomic E-state index is -0.476. The molecule has 0 spiro atoms. The number of pyridine rings is 2. The number of H-pyrrole nitrogens is 3. The smallest absolute Gasteiger partial charge is 0.405 e. The van der Waals surface area contributed by atoms with E-state index in [2.05, 4.69) is 233 Å². The van der Waals surface area contributed by atoms with Crippen LogP contribution < -0.4 is 5.46 Å². The molecule has 464 valence electrons. The third kappa shape index (κ3) is 13.5. The highest BCUT2D eigenvalue weighted by Gasteiger charge is 2.64. The lowest BCUT2D eigenvalue weighted by Gasteiger charge is -2.32. The fraction of sp³-hybridized carbons (Fsp3) is 0.237. The van der Waals surface area contributed by atoms with Gasteiger partial charge in [-0.15, -0.1) is 0 Å². The van der Waals surface area contributed by atoms with Gasteiger partial charge in [-0.2, -0.15) is 0 Å². The first kappa shape index (κ1) is 64.5. The monoisotopic (exact) mass is 1350 g/mol. The number of hydrogen-bond donors (Lipinski definition) is 3. The van der Waals surface area contributed by atoms with Crippen molar-refractivity contribution >= 4 is 126 Å². The molecule has 0 unspecified atom stereocenters. The van der Waals surface area contributed by atoms with E-state index >= 15 is 0 Å². The third-order valence-corrected chi connectivity index (χ3v) is 19.7. The molecule has 11 nitrogen and oxygen atoms in total. The second-order valence-electron chi connectivity index (χ2n) is 26.6. The predicted molar refractivity (Wildman–Crippen MR) is 391 cm³/mol. The van der Waals surface area contributed by atoms with E-state index < -0.39 is 14.0 Å². The molecule has 0 aliphatic carbocycles. The molecule has 0 saturated carbocycles. The number of para-hydroxylation sites is 3. The van der Waals surface area contributed by atoms with Gasteiger partial charge < -0.3 is 42.9 Å². The largest absolute Gasteiger partial charge is 0.494 e. The Bertz CT molecular complexity index is 4680. The standard InChI is InChI=1S/C23H16N2.C18H20BNO2.C12H24B2O4.C12H8IN.C11H8ClN/c1-2-6-16(7-3-1)17-12-13-24-22(14-17)18-10-11-20-19-8-4-5-9-21(19)25-23(20)15-18;1-17(2)18(3,4)22-19(21-17)12-9-10-14-13-7-5-6-8-15(13)20-16(14)11-12;1-9(2)10(3,4)16-13(15-9)14-17-11(5,6)12(7,8)18-14;13-8-5-6-10-9-3-1-2-4-11(9)14-12(10)7-8;12-11-8-10(6-7-13-11)9-4-2-1-3-5-9/h1-15,25H;5-11,20H,1-4H3;1-8H3;1-7,14H;1-8H. The summed E-state index contributed by atoms with van der Waals surface area (Å²) in [5, 5.41) is 8.13. The second kappa shape index (κ2) is 25.7. The van der Waals surface area contributed by atoms with Crippen LogP contribution in [0, 0.1) is 3.57 Å². The summed E-state index contributed by atoms with van der Waals surface area (Å²) < 4.78 is 37.4. The predicted octanol–water partition coefficient (Wildman–Crippen LogP) is 19.2. The number of hydrogen-bond acceptors (Lipinski definition) is 8. The van der Waals surface area contributed by atoms with Crippen molar-refractivity contribution in [3.05, 3.63) is 233 Å². The average Bonchev–Trinajstić information content (AvgIpc) is 1.62. The number of nitrogens with one attached hydrogen (secondary N) is 3. The minimum absolute atomic E-state index is 0.312. The zero-order valence-electron chi connectivity index (χ0n) is 54.2. The van der Waals surface area contributed by atoms with Crippen LogP contribution in [0.4, 0.5) is 0 Å². The number of nitrogens with zero attached hydrogens (tertiary/aromatic N) is 2. The molecule has 3 N–H and O–H groups in total. The van der Waals surface area contributed by atoms with E-state index in [1.807, 2.05) is 116 Å². The van der Waals surface area contributed by atoms with Gasteiger partial charge >= 0.3 is 21.1 Å². The third-order valence-electron chi connectivity index (χ3n) is 18.8. The lowest BCUT2D eigenvalue weighted by atomic mass is 9.49. The maximum atomic E-state index is 6.14. The van der Waals surface area contributed by atoms with Crippen LogP contribution >= 0.6 is 34.2 Å². The van der Waals surface area contributed by atoms with Crippen LogP contribution in [0.25, 0.3) is 98.9 Å². The Kier molecular flexibility index (Phi) is 18.1. The molecule has 3 saturated heterocycles. The molecule has 0 radical (unpaired) electrons. The highest BCUT2D eigenvalue weighted by atomic mass is 127. The summed E-state index contributed by atoms with van der Waals surface area (Å²) in [5.74, 6) is 0. The highest BCUT2D eigenvalue weighted by molar-refractivity contribution is 14.1. The van der Waals surface area contributed by atoms with Crippen LogP contribution in [0.2, 0.25) is 5.15 Å². The summed E-state index contributed by atoms with van der Waals surface area (Å²) in [4.78, 5) is 18.9. The van der Waals surface area contributed by atoms with E-state index in [9.17, 15) is 0 Å². The molecule has 13 aromatic rings. The van der Waals surface area contributed by atoms with Gasteiger partial charge in [0.1, 0.15) is 5.15 Å². The lowest BCUT2D eigenvalue weighted by molar-refractivity contribution is 0.00578. The molecular formula is C76H76B3ClIN5O6. The molecule has 0 bridgehead atoms. The SMILES string of the molecule is CC1(C)OB(B2OC(C)(C)C(C)(C)O2)OC1(C)C.CC1(C)OB(c2ccc3c(c2)[nH]c2ccccc23)OC1(C)C.Clc1cc(-c2ccccc2)ccn1.Ic1ccc2c(c1)[nH]c1ccccc12.c1ccc(-c2ccnc(-c3ccc4c(c3)[nH]c3ccccc34)c2)cc1. The Hall–Kier alpha value is -7.57. The van der Waals surface area contributed by atoms with Crippen molar-refractivity contribution in [1.82, 2.24) is 24.9 Å². The zero-order chi connectivity index (χ0) is 64.8. The first-order chi connectivity index (χ1) is 43.8. The van der Waals surface area contributed by atoms with Gasteiger partial charge in [0, 0.05) is 86.9 Å². The minimum Gasteiger partial charge on any atom is -0.405 e. The van der Waals surface area contributed by atoms with E-state index in [-0.39, 0.29) is 40.7 Å². The van der Waals surface area contributed by atoms with Crippen molar-refractivity contribution in [1.29, 1.82) is 0 Å². The fourth-order valence-corrected chi connectivity index (χ4v) is 12.1. The molecule has 16 rings (SSSR count). The van der Waals surface area contributed by atoms with E-state index in [4.69, 9.17) is 39.5 Å². The average molecular weight is 1350 g/mol. The van der Waals surface area contributed by atoms with Crippen molar-refractivity contribution in [2.75, 3.05) is 0 Å². The number of benzene rings is 8. The molecule has 16 heteroatoms. The first-order valence-corrected chi connectivity index (χ1v) is 32.7. The van der Waals surface area contributed by atoms with Gasteiger partial charge in [-0.05, 0) is 200 Å². The maximum Gasteiger partial charge on any atom is 0.494 e. The van der Waals surface area contributed by atoms with Crippen LogP contribution in [0.15, 0.2) is 225 Å². The van der Waals surface area contributed by atoms with E-state index in [0.717, 1.165) is 44.4 Å². The Balaban J connectivity index is 0.000000113. The number of fused-ring (bicyclic) bond motifs is 9. The topological polar surface area (TPSA) is 129 Å². The van der Waals surface area contributed by atoms with Crippen molar-refractivity contribution < 1.29 is 27.9 Å². The second-order valence-corrected chi connectivity index (χ2v) is 28.3. The summed E-state index contributed by atoms with van der Waals surface area (Å²) in [5.41, 5.74) is 12.8. The van der Waals surface area contributed by atoms with Crippen LogP contribution in [0.3, 0.4) is 0 Å².